The van der Waals surface area contributed by atoms with E-state index in [9.17, 15) is 0 Å². The first-order chi connectivity index (χ1) is 9.25. The fourth-order valence-electron chi connectivity index (χ4n) is 3.20. The monoisotopic (exact) mass is 257 g/mol. The quantitative estimate of drug-likeness (QED) is 0.914. The molecule has 0 bridgehead atoms. The SMILES string of the molecule is CC1CCCCC1NCc1nc2ccccc2n1C. The van der Waals surface area contributed by atoms with E-state index in [1.165, 1.54) is 31.2 Å². The molecule has 1 N–H and O–H groups in total. The zero-order valence-electron chi connectivity index (χ0n) is 11.9. The van der Waals surface area contributed by atoms with Gasteiger partial charge in [0.15, 0.2) is 0 Å². The van der Waals surface area contributed by atoms with E-state index in [0.29, 0.717) is 6.04 Å². The first-order valence-electron chi connectivity index (χ1n) is 7.39. The van der Waals surface area contributed by atoms with Crippen LogP contribution in [0.2, 0.25) is 0 Å². The van der Waals surface area contributed by atoms with Crippen LogP contribution >= 0.6 is 0 Å². The summed E-state index contributed by atoms with van der Waals surface area (Å²) in [5.74, 6) is 1.93. The number of fused-ring (bicyclic) bond motifs is 1. The molecule has 2 unspecified atom stereocenters. The molecule has 1 saturated carbocycles. The number of aryl methyl sites for hydroxylation is 1. The van der Waals surface area contributed by atoms with Crippen LogP contribution in [0.25, 0.3) is 11.0 Å². The summed E-state index contributed by atoms with van der Waals surface area (Å²) in [6.07, 6.45) is 5.43. The van der Waals surface area contributed by atoms with Gasteiger partial charge in [-0.3, -0.25) is 0 Å². The summed E-state index contributed by atoms with van der Waals surface area (Å²) in [5.41, 5.74) is 2.31. The first kappa shape index (κ1) is 12.7. The van der Waals surface area contributed by atoms with Crippen molar-refractivity contribution in [3.63, 3.8) is 0 Å². The van der Waals surface area contributed by atoms with E-state index in [0.717, 1.165) is 23.8 Å². The molecular weight excluding hydrogens is 234 g/mol. The number of rotatable bonds is 3. The fraction of sp³-hybridized carbons (Fsp3) is 0.562. The molecular formula is C16H23N3. The van der Waals surface area contributed by atoms with Crippen molar-refractivity contribution in [3.8, 4) is 0 Å². The molecule has 1 heterocycles. The van der Waals surface area contributed by atoms with E-state index in [4.69, 9.17) is 4.98 Å². The van der Waals surface area contributed by atoms with Gasteiger partial charge in [0, 0.05) is 13.1 Å². The first-order valence-corrected chi connectivity index (χ1v) is 7.39. The van der Waals surface area contributed by atoms with Gasteiger partial charge in [0.05, 0.1) is 17.6 Å². The average molecular weight is 257 g/mol. The fourth-order valence-corrected chi connectivity index (χ4v) is 3.20. The van der Waals surface area contributed by atoms with Crippen molar-refractivity contribution in [3.05, 3.63) is 30.1 Å². The van der Waals surface area contributed by atoms with Crippen LogP contribution < -0.4 is 5.32 Å². The van der Waals surface area contributed by atoms with Crippen LogP contribution in [0.5, 0.6) is 0 Å². The number of nitrogens with one attached hydrogen (secondary N) is 1. The average Bonchev–Trinajstić information content (AvgIpc) is 2.75. The Labute approximate surface area is 115 Å². The Morgan fingerprint density at radius 1 is 1.26 bits per heavy atom. The Hall–Kier alpha value is -1.35. The molecule has 1 aliphatic rings. The summed E-state index contributed by atoms with van der Waals surface area (Å²) in [6.45, 7) is 3.24. The van der Waals surface area contributed by atoms with E-state index < -0.39 is 0 Å². The van der Waals surface area contributed by atoms with Gasteiger partial charge in [-0.15, -0.1) is 0 Å². The number of hydrogen-bond acceptors (Lipinski definition) is 2. The molecule has 19 heavy (non-hydrogen) atoms. The smallest absolute Gasteiger partial charge is 0.123 e. The van der Waals surface area contributed by atoms with Crippen LogP contribution in [-0.2, 0) is 13.6 Å². The Morgan fingerprint density at radius 2 is 2.05 bits per heavy atom. The van der Waals surface area contributed by atoms with Crippen LogP contribution in [0.4, 0.5) is 0 Å². The molecule has 3 rings (SSSR count). The molecule has 0 amide bonds. The van der Waals surface area contributed by atoms with Gasteiger partial charge in [0.25, 0.3) is 0 Å². The van der Waals surface area contributed by atoms with Crippen molar-refractivity contribution in [2.75, 3.05) is 0 Å². The summed E-state index contributed by atoms with van der Waals surface area (Å²) >= 11 is 0. The molecule has 0 aliphatic heterocycles. The number of para-hydroxylation sites is 2. The Bertz CT molecular complexity index is 558. The molecule has 0 spiro atoms. The third-order valence-electron chi connectivity index (χ3n) is 4.51. The van der Waals surface area contributed by atoms with E-state index >= 15 is 0 Å². The highest BCUT2D eigenvalue weighted by atomic mass is 15.1. The molecule has 2 atom stereocenters. The zero-order chi connectivity index (χ0) is 13.2. The van der Waals surface area contributed by atoms with Crippen molar-refractivity contribution < 1.29 is 0 Å². The topological polar surface area (TPSA) is 29.9 Å². The number of aromatic nitrogens is 2. The second-order valence-corrected chi connectivity index (χ2v) is 5.82. The molecule has 1 fully saturated rings. The van der Waals surface area contributed by atoms with Gasteiger partial charge >= 0.3 is 0 Å². The zero-order valence-corrected chi connectivity index (χ0v) is 11.9. The minimum absolute atomic E-state index is 0.661. The maximum atomic E-state index is 4.72. The molecule has 0 saturated heterocycles. The van der Waals surface area contributed by atoms with Gasteiger partial charge in [-0.25, -0.2) is 4.98 Å². The highest BCUT2D eigenvalue weighted by Crippen LogP contribution is 2.24. The van der Waals surface area contributed by atoms with Crippen LogP contribution in [0.1, 0.15) is 38.4 Å². The summed E-state index contributed by atoms with van der Waals surface area (Å²) < 4.78 is 2.20. The molecule has 102 valence electrons. The third kappa shape index (κ3) is 2.52. The molecule has 1 aromatic carbocycles. The number of hydrogen-bond donors (Lipinski definition) is 1. The summed E-state index contributed by atoms with van der Waals surface area (Å²) in [7, 11) is 2.11. The van der Waals surface area contributed by atoms with E-state index in [1.54, 1.807) is 0 Å². The largest absolute Gasteiger partial charge is 0.330 e. The van der Waals surface area contributed by atoms with Gasteiger partial charge in [-0.2, -0.15) is 0 Å². The lowest BCUT2D eigenvalue weighted by atomic mass is 9.86. The number of nitrogens with zero attached hydrogens (tertiary/aromatic N) is 2. The van der Waals surface area contributed by atoms with E-state index in [-0.39, 0.29) is 0 Å². The van der Waals surface area contributed by atoms with Crippen LogP contribution in [-0.4, -0.2) is 15.6 Å². The van der Waals surface area contributed by atoms with Crippen molar-refractivity contribution in [2.24, 2.45) is 13.0 Å². The Balaban J connectivity index is 1.73. The molecule has 3 nitrogen and oxygen atoms in total. The predicted molar refractivity (Wildman–Crippen MR) is 79.0 cm³/mol. The molecule has 1 aromatic heterocycles. The highest BCUT2D eigenvalue weighted by Gasteiger charge is 2.21. The Kier molecular flexibility index (Phi) is 3.56. The maximum absolute atomic E-state index is 4.72. The summed E-state index contributed by atoms with van der Waals surface area (Å²) in [4.78, 5) is 4.72. The van der Waals surface area contributed by atoms with Gasteiger partial charge in [-0.1, -0.05) is 31.9 Å². The van der Waals surface area contributed by atoms with E-state index in [1.807, 2.05) is 0 Å². The number of benzene rings is 1. The normalized spacial score (nSPS) is 23.9. The number of imidazole rings is 1. The minimum atomic E-state index is 0.661. The summed E-state index contributed by atoms with van der Waals surface area (Å²) in [6, 6.07) is 9.01. The van der Waals surface area contributed by atoms with Gasteiger partial charge < -0.3 is 9.88 Å². The van der Waals surface area contributed by atoms with E-state index in [2.05, 4.69) is 48.1 Å². The van der Waals surface area contributed by atoms with Crippen molar-refractivity contribution in [1.82, 2.24) is 14.9 Å². The molecule has 1 aliphatic carbocycles. The van der Waals surface area contributed by atoms with Gasteiger partial charge in [0.1, 0.15) is 5.82 Å². The van der Waals surface area contributed by atoms with Crippen molar-refractivity contribution in [2.45, 2.75) is 45.2 Å². The van der Waals surface area contributed by atoms with Crippen LogP contribution in [0.15, 0.2) is 24.3 Å². The van der Waals surface area contributed by atoms with Crippen molar-refractivity contribution in [1.29, 1.82) is 0 Å². The lowest BCUT2D eigenvalue weighted by Crippen LogP contribution is -2.37. The minimum Gasteiger partial charge on any atom is -0.330 e. The molecule has 3 heteroatoms. The summed E-state index contributed by atoms with van der Waals surface area (Å²) in [5, 5.41) is 3.71. The van der Waals surface area contributed by atoms with Crippen LogP contribution in [0, 0.1) is 5.92 Å². The van der Waals surface area contributed by atoms with Gasteiger partial charge in [-0.05, 0) is 30.9 Å². The second kappa shape index (κ2) is 5.33. The lowest BCUT2D eigenvalue weighted by molar-refractivity contribution is 0.277. The maximum Gasteiger partial charge on any atom is 0.123 e. The predicted octanol–water partition coefficient (Wildman–Crippen LogP) is 3.24. The van der Waals surface area contributed by atoms with Crippen LogP contribution in [0.3, 0.4) is 0 Å². The standard InChI is InChI=1S/C16H23N3/c1-12-7-3-4-8-13(12)17-11-16-18-14-9-5-6-10-15(14)19(16)2/h5-6,9-10,12-13,17H,3-4,7-8,11H2,1-2H3. The molecule has 2 aromatic rings. The third-order valence-corrected chi connectivity index (χ3v) is 4.51. The van der Waals surface area contributed by atoms with Gasteiger partial charge in [0.2, 0.25) is 0 Å². The highest BCUT2D eigenvalue weighted by molar-refractivity contribution is 5.75. The van der Waals surface area contributed by atoms with Crippen molar-refractivity contribution >= 4 is 11.0 Å². The molecule has 0 radical (unpaired) electrons. The second-order valence-electron chi connectivity index (χ2n) is 5.82. The Morgan fingerprint density at radius 3 is 2.84 bits per heavy atom. The lowest BCUT2D eigenvalue weighted by Gasteiger charge is -2.29.